The summed E-state index contributed by atoms with van der Waals surface area (Å²) >= 11 is 0. The van der Waals surface area contributed by atoms with Crippen LogP contribution in [0.3, 0.4) is 0 Å². The smallest absolute Gasteiger partial charge is 0.239 e. The molecule has 0 aliphatic carbocycles. The summed E-state index contributed by atoms with van der Waals surface area (Å²) in [6.45, 7) is 7.49. The van der Waals surface area contributed by atoms with E-state index in [4.69, 9.17) is 0 Å². The maximum absolute atomic E-state index is 13.0. The number of carbonyl (C=O) groups is 2. The third kappa shape index (κ3) is 3.61. The molecule has 3 aliphatic rings. The van der Waals surface area contributed by atoms with Crippen LogP contribution in [0.25, 0.3) is 0 Å². The molecular weight excluding hydrogens is 302 g/mol. The van der Waals surface area contributed by atoms with Crippen LogP contribution in [0.2, 0.25) is 0 Å². The Morgan fingerprint density at radius 1 is 0.833 bits per heavy atom. The van der Waals surface area contributed by atoms with Crippen molar-refractivity contribution in [3.8, 4) is 0 Å². The maximum atomic E-state index is 13.0. The van der Waals surface area contributed by atoms with Crippen molar-refractivity contribution in [3.05, 3.63) is 0 Å². The van der Waals surface area contributed by atoms with Crippen molar-refractivity contribution >= 4 is 11.8 Å². The second-order valence-electron chi connectivity index (χ2n) is 7.78. The molecule has 0 saturated carbocycles. The van der Waals surface area contributed by atoms with Gasteiger partial charge in [-0.3, -0.25) is 14.5 Å². The van der Waals surface area contributed by atoms with Crippen LogP contribution < -0.4 is 0 Å². The Hall–Kier alpha value is -1.10. The number of hydrogen-bond donors (Lipinski definition) is 0. The molecule has 0 spiro atoms. The van der Waals surface area contributed by atoms with Gasteiger partial charge in [0, 0.05) is 38.6 Å². The van der Waals surface area contributed by atoms with Crippen LogP contribution in [-0.4, -0.2) is 70.8 Å². The van der Waals surface area contributed by atoms with E-state index in [1.54, 1.807) is 6.92 Å². The minimum atomic E-state index is -0.0509. The molecule has 0 bridgehead atoms. The highest BCUT2D eigenvalue weighted by Gasteiger charge is 2.42. The second-order valence-corrected chi connectivity index (χ2v) is 7.78. The Balaban J connectivity index is 1.67. The van der Waals surface area contributed by atoms with Crippen molar-refractivity contribution in [2.75, 3.05) is 26.2 Å². The molecular formula is C19H33N3O2. The van der Waals surface area contributed by atoms with Gasteiger partial charge in [-0.15, -0.1) is 0 Å². The van der Waals surface area contributed by atoms with E-state index >= 15 is 0 Å². The first-order valence-electron chi connectivity index (χ1n) is 9.91. The van der Waals surface area contributed by atoms with E-state index in [-0.39, 0.29) is 11.9 Å². The topological polar surface area (TPSA) is 43.9 Å². The van der Waals surface area contributed by atoms with Crippen LogP contribution in [0.15, 0.2) is 0 Å². The largest absolute Gasteiger partial charge is 0.341 e. The predicted octanol–water partition coefficient (Wildman–Crippen LogP) is 2.25. The fraction of sp³-hybridized carbons (Fsp3) is 0.895. The molecule has 5 nitrogen and oxygen atoms in total. The Bertz CT molecular complexity index is 460. The van der Waals surface area contributed by atoms with Crippen molar-refractivity contribution in [1.82, 2.24) is 14.7 Å². The summed E-state index contributed by atoms with van der Waals surface area (Å²) in [5, 5.41) is 0. The molecule has 3 fully saturated rings. The molecule has 3 aliphatic heterocycles. The van der Waals surface area contributed by atoms with Gasteiger partial charge in [-0.2, -0.15) is 0 Å². The summed E-state index contributed by atoms with van der Waals surface area (Å²) in [5.74, 6) is 0.493. The summed E-state index contributed by atoms with van der Waals surface area (Å²) in [7, 11) is 0. The van der Waals surface area contributed by atoms with Gasteiger partial charge in [-0.05, 0) is 52.0 Å². The molecule has 2 amide bonds. The minimum Gasteiger partial charge on any atom is -0.341 e. The van der Waals surface area contributed by atoms with Crippen LogP contribution >= 0.6 is 0 Å². The van der Waals surface area contributed by atoms with Crippen LogP contribution in [-0.2, 0) is 9.59 Å². The van der Waals surface area contributed by atoms with E-state index in [9.17, 15) is 9.59 Å². The summed E-state index contributed by atoms with van der Waals surface area (Å²) in [4.78, 5) is 31.5. The first kappa shape index (κ1) is 17.7. The fourth-order valence-corrected chi connectivity index (χ4v) is 4.99. The average Bonchev–Trinajstić information content (AvgIpc) is 3.16. The summed E-state index contributed by atoms with van der Waals surface area (Å²) in [6, 6.07) is 0.622. The van der Waals surface area contributed by atoms with Gasteiger partial charge in [-0.1, -0.05) is 12.8 Å². The van der Waals surface area contributed by atoms with Gasteiger partial charge in [0.1, 0.15) is 0 Å². The minimum absolute atomic E-state index is 0.0509. The maximum Gasteiger partial charge on any atom is 0.239 e. The number of rotatable bonds is 3. The standard InChI is InChI=1S/C19H33N3O2/c1-15(19(24)20-11-5-3-4-6-12-20)21-13-7-9-17(21)18-10-8-14-22(18)16(2)23/h15,17-18H,3-14H2,1-2H3/t15-,17+,18+/m0/s1. The molecule has 0 unspecified atom stereocenters. The van der Waals surface area contributed by atoms with E-state index in [0.717, 1.165) is 64.7 Å². The van der Waals surface area contributed by atoms with Crippen LogP contribution in [0.1, 0.15) is 65.2 Å². The van der Waals surface area contributed by atoms with E-state index in [0.29, 0.717) is 18.0 Å². The van der Waals surface area contributed by atoms with Crippen LogP contribution in [0.4, 0.5) is 0 Å². The van der Waals surface area contributed by atoms with Gasteiger partial charge in [0.25, 0.3) is 0 Å². The Labute approximate surface area is 146 Å². The number of likely N-dealkylation sites (tertiary alicyclic amines) is 3. The summed E-state index contributed by atoms with van der Waals surface area (Å²) in [5.41, 5.74) is 0. The molecule has 0 aromatic heterocycles. The van der Waals surface area contributed by atoms with Gasteiger partial charge < -0.3 is 9.80 Å². The lowest BCUT2D eigenvalue weighted by Gasteiger charge is -2.38. The lowest BCUT2D eigenvalue weighted by molar-refractivity contribution is -0.137. The molecule has 0 aromatic carbocycles. The molecule has 3 saturated heterocycles. The Morgan fingerprint density at radius 2 is 1.46 bits per heavy atom. The molecule has 5 heteroatoms. The molecule has 3 heterocycles. The zero-order valence-electron chi connectivity index (χ0n) is 15.4. The third-order valence-corrected chi connectivity index (χ3v) is 6.26. The lowest BCUT2D eigenvalue weighted by atomic mass is 10.0. The summed E-state index contributed by atoms with van der Waals surface area (Å²) in [6.07, 6.45) is 9.23. The van der Waals surface area contributed by atoms with Gasteiger partial charge in [0.15, 0.2) is 0 Å². The van der Waals surface area contributed by atoms with Gasteiger partial charge >= 0.3 is 0 Å². The second kappa shape index (κ2) is 7.85. The van der Waals surface area contributed by atoms with E-state index in [1.807, 2.05) is 4.90 Å². The molecule has 0 radical (unpaired) electrons. The molecule has 0 aromatic rings. The van der Waals surface area contributed by atoms with Crippen LogP contribution in [0.5, 0.6) is 0 Å². The monoisotopic (exact) mass is 335 g/mol. The van der Waals surface area contributed by atoms with Crippen molar-refractivity contribution in [3.63, 3.8) is 0 Å². The van der Waals surface area contributed by atoms with Crippen LogP contribution in [0, 0.1) is 0 Å². The number of amides is 2. The normalized spacial score (nSPS) is 30.4. The van der Waals surface area contributed by atoms with E-state index < -0.39 is 0 Å². The van der Waals surface area contributed by atoms with Crippen molar-refractivity contribution < 1.29 is 9.59 Å². The fourth-order valence-electron chi connectivity index (χ4n) is 4.99. The molecule has 3 atom stereocenters. The van der Waals surface area contributed by atoms with Gasteiger partial charge in [-0.25, -0.2) is 0 Å². The predicted molar refractivity (Wildman–Crippen MR) is 94.6 cm³/mol. The first-order chi connectivity index (χ1) is 11.6. The Morgan fingerprint density at radius 3 is 2.12 bits per heavy atom. The highest BCUT2D eigenvalue weighted by Crippen LogP contribution is 2.31. The highest BCUT2D eigenvalue weighted by molar-refractivity contribution is 5.81. The average molecular weight is 335 g/mol. The van der Waals surface area contributed by atoms with E-state index in [2.05, 4.69) is 16.7 Å². The number of nitrogens with zero attached hydrogens (tertiary/aromatic N) is 3. The lowest BCUT2D eigenvalue weighted by Crippen LogP contribution is -2.54. The number of carbonyl (C=O) groups excluding carboxylic acids is 2. The first-order valence-corrected chi connectivity index (χ1v) is 9.91. The zero-order chi connectivity index (χ0) is 17.1. The van der Waals surface area contributed by atoms with Gasteiger partial charge in [0.05, 0.1) is 6.04 Å². The number of hydrogen-bond acceptors (Lipinski definition) is 3. The summed E-state index contributed by atoms with van der Waals surface area (Å²) < 4.78 is 0. The quantitative estimate of drug-likeness (QED) is 0.794. The molecule has 24 heavy (non-hydrogen) atoms. The Kier molecular flexibility index (Phi) is 5.80. The molecule has 3 rings (SSSR count). The SMILES string of the molecule is CC(=O)N1CCC[C@@H]1[C@H]1CCCN1[C@@H](C)C(=O)N1CCCCCC1. The van der Waals surface area contributed by atoms with Gasteiger partial charge in [0.2, 0.25) is 11.8 Å². The third-order valence-electron chi connectivity index (χ3n) is 6.26. The molecule has 0 N–H and O–H groups in total. The highest BCUT2D eigenvalue weighted by atomic mass is 16.2. The van der Waals surface area contributed by atoms with E-state index in [1.165, 1.54) is 12.8 Å². The zero-order valence-corrected chi connectivity index (χ0v) is 15.4. The van der Waals surface area contributed by atoms with Crippen molar-refractivity contribution in [2.45, 2.75) is 83.3 Å². The molecule has 136 valence electrons. The van der Waals surface area contributed by atoms with Crippen molar-refractivity contribution in [2.24, 2.45) is 0 Å². The van der Waals surface area contributed by atoms with Crippen molar-refractivity contribution in [1.29, 1.82) is 0 Å².